The molecule has 2 heterocycles. The first-order valence-electron chi connectivity index (χ1n) is 2.97. The molecule has 4 heteroatoms. The van der Waals surface area contributed by atoms with E-state index in [-0.39, 0.29) is 5.91 Å². The van der Waals surface area contributed by atoms with Gasteiger partial charge in [0.05, 0.1) is 12.2 Å². The first kappa shape index (κ1) is 5.73. The van der Waals surface area contributed by atoms with Crippen molar-refractivity contribution in [1.82, 2.24) is 0 Å². The molecule has 0 aliphatic carbocycles. The molecule has 1 aromatic rings. The third-order valence-corrected chi connectivity index (χ3v) is 2.22. The zero-order valence-electron chi connectivity index (χ0n) is 5.18. The summed E-state index contributed by atoms with van der Waals surface area (Å²) in [5, 5.41) is 8.75. The van der Waals surface area contributed by atoms with Crippen LogP contribution in [0.4, 0.5) is 10.7 Å². The molecule has 1 aliphatic rings. The number of hydrogen-bond acceptors (Lipinski definition) is 3. The van der Waals surface area contributed by atoms with Crippen LogP contribution >= 0.6 is 11.3 Å². The number of rotatable bonds is 0. The summed E-state index contributed by atoms with van der Waals surface area (Å²) in [5.74, 6) is 0.0332. The standard InChI is InChI=1S/C6H6N2OS/c9-5-3-7-6-4(8-5)1-2-10-6/h1-2,7H,3H2,(H,8,9). The highest BCUT2D eigenvalue weighted by Gasteiger charge is 2.13. The fourth-order valence-corrected chi connectivity index (χ4v) is 1.64. The van der Waals surface area contributed by atoms with E-state index in [1.807, 2.05) is 11.4 Å². The van der Waals surface area contributed by atoms with Crippen molar-refractivity contribution in [2.45, 2.75) is 0 Å². The lowest BCUT2D eigenvalue weighted by Crippen LogP contribution is -2.26. The molecule has 52 valence electrons. The molecule has 0 spiro atoms. The van der Waals surface area contributed by atoms with Crippen molar-refractivity contribution in [3.8, 4) is 0 Å². The number of nitrogens with one attached hydrogen (secondary N) is 2. The molecule has 3 nitrogen and oxygen atoms in total. The van der Waals surface area contributed by atoms with Crippen molar-refractivity contribution in [2.75, 3.05) is 17.2 Å². The van der Waals surface area contributed by atoms with Gasteiger partial charge in [0.1, 0.15) is 5.00 Å². The smallest absolute Gasteiger partial charge is 0.243 e. The second-order valence-corrected chi connectivity index (χ2v) is 2.98. The van der Waals surface area contributed by atoms with E-state index in [4.69, 9.17) is 0 Å². The van der Waals surface area contributed by atoms with Crippen molar-refractivity contribution < 1.29 is 4.79 Å². The summed E-state index contributed by atoms with van der Waals surface area (Å²) in [6, 6.07) is 1.89. The third kappa shape index (κ3) is 0.769. The number of amides is 1. The Kier molecular flexibility index (Phi) is 1.14. The van der Waals surface area contributed by atoms with Crippen LogP contribution in [0.15, 0.2) is 11.4 Å². The van der Waals surface area contributed by atoms with Gasteiger partial charge in [0, 0.05) is 0 Å². The van der Waals surface area contributed by atoms with Crippen LogP contribution in [0.25, 0.3) is 0 Å². The lowest BCUT2D eigenvalue weighted by Gasteiger charge is -2.13. The fraction of sp³-hybridized carbons (Fsp3) is 0.167. The minimum atomic E-state index is 0.0332. The van der Waals surface area contributed by atoms with Gasteiger partial charge in [-0.15, -0.1) is 11.3 Å². The van der Waals surface area contributed by atoms with Gasteiger partial charge in [-0.2, -0.15) is 0 Å². The van der Waals surface area contributed by atoms with Crippen molar-refractivity contribution >= 4 is 27.9 Å². The van der Waals surface area contributed by atoms with Crippen LogP contribution in [0, 0.1) is 0 Å². The number of carbonyl (C=O) groups excluding carboxylic acids is 1. The van der Waals surface area contributed by atoms with E-state index < -0.39 is 0 Å². The summed E-state index contributed by atoms with van der Waals surface area (Å²) in [6.07, 6.45) is 0. The van der Waals surface area contributed by atoms with Gasteiger partial charge < -0.3 is 10.6 Å². The molecule has 10 heavy (non-hydrogen) atoms. The van der Waals surface area contributed by atoms with Gasteiger partial charge in [-0.3, -0.25) is 4.79 Å². The largest absolute Gasteiger partial charge is 0.366 e. The molecular weight excluding hydrogens is 148 g/mol. The second kappa shape index (κ2) is 1.98. The Morgan fingerprint density at radius 2 is 2.50 bits per heavy atom. The minimum Gasteiger partial charge on any atom is -0.366 e. The van der Waals surface area contributed by atoms with Gasteiger partial charge in [-0.1, -0.05) is 0 Å². The number of hydrogen-bond donors (Lipinski definition) is 2. The van der Waals surface area contributed by atoms with Crippen LogP contribution < -0.4 is 10.6 Å². The molecule has 2 rings (SSSR count). The normalized spacial score (nSPS) is 15.4. The molecule has 0 fully saturated rings. The Hall–Kier alpha value is -1.03. The van der Waals surface area contributed by atoms with E-state index in [9.17, 15) is 4.79 Å². The molecule has 0 saturated carbocycles. The molecule has 0 unspecified atom stereocenters. The van der Waals surface area contributed by atoms with E-state index in [1.165, 1.54) is 0 Å². The highest BCUT2D eigenvalue weighted by Crippen LogP contribution is 2.29. The lowest BCUT2D eigenvalue weighted by atomic mass is 10.4. The minimum absolute atomic E-state index is 0.0332. The molecule has 2 N–H and O–H groups in total. The maximum absolute atomic E-state index is 10.8. The second-order valence-electron chi connectivity index (χ2n) is 2.07. The van der Waals surface area contributed by atoms with E-state index in [0.717, 1.165) is 10.7 Å². The molecule has 0 saturated heterocycles. The summed E-state index contributed by atoms with van der Waals surface area (Å²) < 4.78 is 0. The van der Waals surface area contributed by atoms with Crippen molar-refractivity contribution in [3.63, 3.8) is 0 Å². The number of fused-ring (bicyclic) bond motifs is 1. The van der Waals surface area contributed by atoms with Crippen LogP contribution in [-0.2, 0) is 4.79 Å². The van der Waals surface area contributed by atoms with E-state index in [2.05, 4.69) is 10.6 Å². The highest BCUT2D eigenvalue weighted by atomic mass is 32.1. The van der Waals surface area contributed by atoms with Crippen LogP contribution in [0.3, 0.4) is 0 Å². The average molecular weight is 154 g/mol. The molecule has 1 amide bonds. The lowest BCUT2D eigenvalue weighted by molar-refractivity contribution is -0.114. The Balaban J connectivity index is 2.39. The van der Waals surface area contributed by atoms with Crippen LogP contribution in [-0.4, -0.2) is 12.5 Å². The Bertz CT molecular complexity index is 268. The number of carbonyl (C=O) groups is 1. The fourth-order valence-electron chi connectivity index (χ4n) is 0.900. The van der Waals surface area contributed by atoms with E-state index in [1.54, 1.807) is 11.3 Å². The van der Waals surface area contributed by atoms with Crippen molar-refractivity contribution in [2.24, 2.45) is 0 Å². The van der Waals surface area contributed by atoms with Gasteiger partial charge in [0.15, 0.2) is 0 Å². The zero-order chi connectivity index (χ0) is 6.97. The van der Waals surface area contributed by atoms with Crippen LogP contribution in [0.1, 0.15) is 0 Å². The molecule has 0 aromatic carbocycles. The average Bonchev–Trinajstić information content (AvgIpc) is 2.33. The molecule has 1 aliphatic heterocycles. The number of thiophene rings is 1. The summed E-state index contributed by atoms with van der Waals surface area (Å²) in [4.78, 5) is 10.8. The van der Waals surface area contributed by atoms with Gasteiger partial charge >= 0.3 is 0 Å². The van der Waals surface area contributed by atoms with E-state index in [0.29, 0.717) is 6.54 Å². The predicted molar refractivity (Wildman–Crippen MR) is 41.4 cm³/mol. The molecule has 0 atom stereocenters. The van der Waals surface area contributed by atoms with Crippen LogP contribution in [0.2, 0.25) is 0 Å². The Morgan fingerprint density at radius 3 is 3.40 bits per heavy atom. The summed E-state index contributed by atoms with van der Waals surface area (Å²) in [5.41, 5.74) is 0.904. The van der Waals surface area contributed by atoms with Crippen LogP contribution in [0.5, 0.6) is 0 Å². The molecular formula is C6H6N2OS. The van der Waals surface area contributed by atoms with Gasteiger partial charge in [-0.25, -0.2) is 0 Å². The van der Waals surface area contributed by atoms with Gasteiger partial charge in [0.25, 0.3) is 0 Å². The first-order valence-corrected chi connectivity index (χ1v) is 3.85. The Labute approximate surface area is 62.1 Å². The summed E-state index contributed by atoms with van der Waals surface area (Å²) in [7, 11) is 0. The number of anilines is 2. The monoisotopic (exact) mass is 154 g/mol. The Morgan fingerprint density at radius 1 is 1.60 bits per heavy atom. The molecule has 0 radical (unpaired) electrons. The third-order valence-electron chi connectivity index (χ3n) is 1.35. The zero-order valence-corrected chi connectivity index (χ0v) is 5.99. The first-order chi connectivity index (χ1) is 4.86. The predicted octanol–water partition coefficient (Wildman–Crippen LogP) is 1.11. The highest BCUT2D eigenvalue weighted by molar-refractivity contribution is 7.15. The van der Waals surface area contributed by atoms with Gasteiger partial charge in [0.2, 0.25) is 5.91 Å². The topological polar surface area (TPSA) is 41.1 Å². The quantitative estimate of drug-likeness (QED) is 0.587. The van der Waals surface area contributed by atoms with Crippen molar-refractivity contribution in [1.29, 1.82) is 0 Å². The maximum atomic E-state index is 10.8. The van der Waals surface area contributed by atoms with Crippen molar-refractivity contribution in [3.05, 3.63) is 11.4 Å². The SMILES string of the molecule is O=C1CNc2sccc2N1. The summed E-state index contributed by atoms with van der Waals surface area (Å²) >= 11 is 1.60. The molecule has 0 bridgehead atoms. The maximum Gasteiger partial charge on any atom is 0.243 e. The summed E-state index contributed by atoms with van der Waals surface area (Å²) in [6.45, 7) is 0.396. The van der Waals surface area contributed by atoms with Gasteiger partial charge in [-0.05, 0) is 11.4 Å². The van der Waals surface area contributed by atoms with E-state index >= 15 is 0 Å². The molecule has 1 aromatic heterocycles.